The Morgan fingerprint density at radius 2 is 1.57 bits per heavy atom. The van der Waals surface area contributed by atoms with Crippen LogP contribution in [0.25, 0.3) is 11.1 Å². The van der Waals surface area contributed by atoms with E-state index in [-0.39, 0.29) is 30.2 Å². The first-order valence-corrected chi connectivity index (χ1v) is 18.9. The van der Waals surface area contributed by atoms with E-state index in [2.05, 4.69) is 11.4 Å². The Balaban J connectivity index is 0.924. The molecule has 9 nitrogen and oxygen atoms in total. The van der Waals surface area contributed by atoms with Gasteiger partial charge in [-0.05, 0) is 106 Å². The van der Waals surface area contributed by atoms with Crippen molar-refractivity contribution in [3.63, 3.8) is 0 Å². The second-order valence-corrected chi connectivity index (χ2v) is 14.5. The molecule has 0 fully saturated rings. The second kappa shape index (κ2) is 16.3. The first-order chi connectivity index (χ1) is 27.3. The van der Waals surface area contributed by atoms with Crippen molar-refractivity contribution < 1.29 is 28.2 Å². The number of furan rings is 1. The average Bonchev–Trinajstić information content (AvgIpc) is 3.78. The third kappa shape index (κ3) is 8.08. The molecule has 0 spiro atoms. The highest BCUT2D eigenvalue weighted by Gasteiger charge is 2.37. The number of rotatable bonds is 10. The van der Waals surface area contributed by atoms with Crippen LogP contribution in [0.2, 0.25) is 10.0 Å². The minimum absolute atomic E-state index is 0.163. The highest BCUT2D eigenvalue weighted by Crippen LogP contribution is 2.41. The van der Waals surface area contributed by atoms with Gasteiger partial charge in [0.15, 0.2) is 23.4 Å². The number of ether oxygens (including phenoxy) is 3. The standard InChI is InChI=1S/C45H35Cl2N3O6/c46-37-16-7-30(20-38(37)47)26-54-36-14-12-33(13-15-36)43-27-55-41-22-34-21-39(50(25-35(34)23-42(41)56-43)45(52)40-2-1-19-53-40)44(51)49-18-17-28-3-8-31(9-4-28)32-10-5-29(24-48)6-11-32/h1-16,19-20,22-23,39,43H,17-18,21,25-27H2,(H,49,51). The smallest absolute Gasteiger partial charge is 0.290 e. The van der Waals surface area contributed by atoms with Gasteiger partial charge in [0.1, 0.15) is 25.0 Å². The molecule has 2 amide bonds. The molecule has 56 heavy (non-hydrogen) atoms. The quantitative estimate of drug-likeness (QED) is 0.147. The molecule has 6 aromatic rings. The van der Waals surface area contributed by atoms with Gasteiger partial charge in [-0.2, -0.15) is 5.26 Å². The summed E-state index contributed by atoms with van der Waals surface area (Å²) in [6.07, 6.45) is 2.00. The van der Waals surface area contributed by atoms with Crippen molar-refractivity contribution in [1.82, 2.24) is 10.2 Å². The fourth-order valence-corrected chi connectivity index (χ4v) is 7.25. The van der Waals surface area contributed by atoms with Gasteiger partial charge in [0.05, 0.1) is 27.9 Å². The number of hydrogen-bond donors (Lipinski definition) is 1. The van der Waals surface area contributed by atoms with Gasteiger partial charge in [-0.1, -0.05) is 77.8 Å². The number of nitrogens with one attached hydrogen (secondary N) is 1. The third-order valence-corrected chi connectivity index (χ3v) is 10.7. The molecule has 3 heterocycles. The zero-order chi connectivity index (χ0) is 38.6. The monoisotopic (exact) mass is 783 g/mol. The fourth-order valence-electron chi connectivity index (χ4n) is 6.93. The molecule has 2 atom stereocenters. The van der Waals surface area contributed by atoms with Gasteiger partial charge >= 0.3 is 0 Å². The van der Waals surface area contributed by atoms with Crippen LogP contribution in [0.5, 0.6) is 17.2 Å². The molecular weight excluding hydrogens is 749 g/mol. The zero-order valence-corrected chi connectivity index (χ0v) is 31.6. The van der Waals surface area contributed by atoms with E-state index in [1.54, 1.807) is 41.3 Å². The number of nitrogens with zero attached hydrogens (tertiary/aromatic N) is 2. The van der Waals surface area contributed by atoms with Gasteiger partial charge in [0.2, 0.25) is 5.91 Å². The SMILES string of the molecule is N#Cc1ccc(-c2ccc(CCNC(=O)C3Cc4cc5c(cc4CN3C(=O)c3ccco3)OC(c3ccc(OCc4ccc(Cl)c(Cl)c4)cc3)CO5)cc2)cc1. The molecule has 0 saturated heterocycles. The molecule has 0 bridgehead atoms. The Kier molecular flexibility index (Phi) is 10.7. The Morgan fingerprint density at radius 1 is 0.839 bits per heavy atom. The lowest BCUT2D eigenvalue weighted by Gasteiger charge is -2.37. The van der Waals surface area contributed by atoms with Crippen molar-refractivity contribution in [2.75, 3.05) is 13.2 Å². The molecule has 2 aliphatic heterocycles. The maximum absolute atomic E-state index is 13.8. The van der Waals surface area contributed by atoms with E-state index in [1.807, 2.05) is 78.9 Å². The molecule has 2 unspecified atom stereocenters. The Bertz CT molecular complexity index is 2410. The predicted octanol–water partition coefficient (Wildman–Crippen LogP) is 9.14. The van der Waals surface area contributed by atoms with Crippen molar-refractivity contribution >= 4 is 35.0 Å². The van der Waals surface area contributed by atoms with E-state index in [0.29, 0.717) is 65.5 Å². The van der Waals surface area contributed by atoms with Crippen molar-refractivity contribution in [2.45, 2.75) is 38.1 Å². The van der Waals surface area contributed by atoms with E-state index < -0.39 is 6.04 Å². The minimum Gasteiger partial charge on any atom is -0.489 e. The van der Waals surface area contributed by atoms with Crippen LogP contribution in [0.15, 0.2) is 126 Å². The summed E-state index contributed by atoms with van der Waals surface area (Å²) in [6.45, 7) is 1.23. The lowest BCUT2D eigenvalue weighted by Crippen LogP contribution is -2.52. The summed E-state index contributed by atoms with van der Waals surface area (Å²) < 4.78 is 24.1. The molecular formula is C45H35Cl2N3O6. The Morgan fingerprint density at radius 3 is 2.29 bits per heavy atom. The van der Waals surface area contributed by atoms with Crippen LogP contribution in [0.3, 0.4) is 0 Å². The highest BCUT2D eigenvalue weighted by molar-refractivity contribution is 6.42. The molecule has 0 aliphatic carbocycles. The van der Waals surface area contributed by atoms with Crippen molar-refractivity contribution in [3.8, 4) is 34.4 Å². The van der Waals surface area contributed by atoms with Crippen LogP contribution in [0.4, 0.5) is 0 Å². The molecule has 280 valence electrons. The lowest BCUT2D eigenvalue weighted by molar-refractivity contribution is -0.126. The van der Waals surface area contributed by atoms with Crippen LogP contribution < -0.4 is 19.5 Å². The summed E-state index contributed by atoms with van der Waals surface area (Å²) in [4.78, 5) is 29.1. The number of nitriles is 1. The first-order valence-electron chi connectivity index (χ1n) is 18.1. The number of hydrogen-bond acceptors (Lipinski definition) is 7. The van der Waals surface area contributed by atoms with Crippen molar-refractivity contribution in [2.24, 2.45) is 0 Å². The average molecular weight is 785 g/mol. The number of carbonyl (C=O) groups is 2. The summed E-state index contributed by atoms with van der Waals surface area (Å²) in [5.41, 5.74) is 7.35. The van der Waals surface area contributed by atoms with Gasteiger partial charge in [0.25, 0.3) is 5.91 Å². The van der Waals surface area contributed by atoms with E-state index in [0.717, 1.165) is 38.9 Å². The van der Waals surface area contributed by atoms with E-state index in [9.17, 15) is 9.59 Å². The molecule has 0 saturated carbocycles. The van der Waals surface area contributed by atoms with Crippen LogP contribution in [-0.2, 0) is 30.8 Å². The summed E-state index contributed by atoms with van der Waals surface area (Å²) in [5.74, 6) is 1.41. The predicted molar refractivity (Wildman–Crippen MR) is 212 cm³/mol. The van der Waals surface area contributed by atoms with E-state index >= 15 is 0 Å². The van der Waals surface area contributed by atoms with Gasteiger partial charge < -0.3 is 28.8 Å². The van der Waals surface area contributed by atoms with Crippen LogP contribution in [0.1, 0.15) is 50.0 Å². The van der Waals surface area contributed by atoms with E-state index in [1.165, 1.54) is 6.26 Å². The number of benzene rings is 5. The number of fused-ring (bicyclic) bond motifs is 2. The fraction of sp³-hybridized carbons (Fsp3) is 0.178. The molecule has 8 rings (SSSR count). The molecule has 11 heteroatoms. The van der Waals surface area contributed by atoms with Crippen molar-refractivity contribution in [1.29, 1.82) is 5.26 Å². The number of carbonyl (C=O) groups excluding carboxylic acids is 2. The molecule has 0 radical (unpaired) electrons. The molecule has 5 aromatic carbocycles. The third-order valence-electron chi connectivity index (χ3n) is 10.0. The first kappa shape index (κ1) is 36.8. The number of halogens is 2. The topological polar surface area (TPSA) is 114 Å². The largest absolute Gasteiger partial charge is 0.489 e. The van der Waals surface area contributed by atoms with Crippen LogP contribution in [-0.4, -0.2) is 35.9 Å². The van der Waals surface area contributed by atoms with Gasteiger partial charge in [-0.25, -0.2) is 0 Å². The van der Waals surface area contributed by atoms with E-state index in [4.69, 9.17) is 47.1 Å². The highest BCUT2D eigenvalue weighted by atomic mass is 35.5. The lowest BCUT2D eigenvalue weighted by atomic mass is 9.92. The van der Waals surface area contributed by atoms with Gasteiger partial charge in [-0.15, -0.1) is 0 Å². The van der Waals surface area contributed by atoms with Crippen molar-refractivity contribution in [3.05, 3.63) is 171 Å². The second-order valence-electron chi connectivity index (χ2n) is 13.6. The molecule has 1 aromatic heterocycles. The summed E-state index contributed by atoms with van der Waals surface area (Å²) in [6, 6.07) is 37.1. The maximum atomic E-state index is 13.8. The molecule has 1 N–H and O–H groups in total. The maximum Gasteiger partial charge on any atom is 0.290 e. The number of amides is 2. The van der Waals surface area contributed by atoms with Gasteiger partial charge in [-0.3, -0.25) is 9.59 Å². The Hall–Kier alpha value is -6.21. The minimum atomic E-state index is -0.758. The van der Waals surface area contributed by atoms with Crippen LogP contribution >= 0.6 is 23.2 Å². The summed E-state index contributed by atoms with van der Waals surface area (Å²) in [5, 5.41) is 13.1. The Labute approximate surface area is 333 Å². The summed E-state index contributed by atoms with van der Waals surface area (Å²) in [7, 11) is 0. The molecule has 2 aliphatic rings. The van der Waals surface area contributed by atoms with Gasteiger partial charge in [0, 0.05) is 19.5 Å². The normalized spacial score (nSPS) is 15.7. The zero-order valence-electron chi connectivity index (χ0n) is 30.0. The summed E-state index contributed by atoms with van der Waals surface area (Å²) >= 11 is 12.2. The van der Waals surface area contributed by atoms with Crippen LogP contribution in [0, 0.1) is 11.3 Å².